The third kappa shape index (κ3) is 1.05. The molecule has 1 aliphatic heterocycles. The van der Waals surface area contributed by atoms with Crippen LogP contribution in [0.5, 0.6) is 0 Å². The Morgan fingerprint density at radius 3 is 3.00 bits per heavy atom. The van der Waals surface area contributed by atoms with Crippen molar-refractivity contribution in [3.8, 4) is 0 Å². The van der Waals surface area contributed by atoms with Crippen LogP contribution in [0, 0.1) is 0 Å². The van der Waals surface area contributed by atoms with Gasteiger partial charge >= 0.3 is 69.8 Å². The average Bonchev–Trinajstić information content (AvgIpc) is 2.05. The topological polar surface area (TPSA) is 12.4 Å². The summed E-state index contributed by atoms with van der Waals surface area (Å²) in [4.78, 5) is 0. The van der Waals surface area contributed by atoms with E-state index in [2.05, 4.69) is 31.5 Å². The molecule has 10 heavy (non-hydrogen) atoms. The zero-order valence-electron chi connectivity index (χ0n) is 5.49. The van der Waals surface area contributed by atoms with Gasteiger partial charge in [-0.05, 0) is 0 Å². The van der Waals surface area contributed by atoms with E-state index >= 15 is 0 Å². The molecule has 1 aromatic carbocycles. The molecule has 1 aliphatic rings. The summed E-state index contributed by atoms with van der Waals surface area (Å²) in [6.07, 6.45) is 2.20. The van der Waals surface area contributed by atoms with E-state index in [4.69, 9.17) is 0 Å². The number of hydrogen-bond donors (Lipinski definition) is 0. The van der Waals surface area contributed by atoms with Gasteiger partial charge in [-0.25, -0.2) is 0 Å². The van der Waals surface area contributed by atoms with Crippen LogP contribution in [0.4, 0.5) is 5.69 Å². The fourth-order valence-corrected chi connectivity index (χ4v) is 3.23. The van der Waals surface area contributed by atoms with Gasteiger partial charge in [0.05, 0.1) is 0 Å². The predicted octanol–water partition coefficient (Wildman–Crippen LogP) is 1.92. The third-order valence-corrected chi connectivity index (χ3v) is 3.77. The molecule has 0 fully saturated rings. The maximum atomic E-state index is 4.50. The van der Waals surface area contributed by atoms with Crippen molar-refractivity contribution < 1.29 is 0 Å². The molecule has 0 bridgehead atoms. The van der Waals surface area contributed by atoms with Crippen LogP contribution in [0.25, 0.3) is 6.08 Å². The standard InChI is InChI=1S/C8H6N.Sn.H/c1-2-7-5-3-4-6-8(7)9;;/h1-6H;;. The Bertz CT molecular complexity index is 271. The number of hydrogen-bond acceptors (Lipinski definition) is 1. The van der Waals surface area contributed by atoms with Crippen molar-refractivity contribution in [3.05, 3.63) is 33.9 Å². The fraction of sp³-hybridized carbons (Fsp3) is 0. The van der Waals surface area contributed by atoms with E-state index in [1.165, 1.54) is 11.3 Å². The number of para-hydroxylation sites is 1. The molecule has 1 heterocycles. The van der Waals surface area contributed by atoms with Crippen LogP contribution < -0.4 is 0 Å². The Kier molecular flexibility index (Phi) is 1.67. The number of rotatable bonds is 0. The van der Waals surface area contributed by atoms with Crippen LogP contribution in [0.2, 0.25) is 0 Å². The van der Waals surface area contributed by atoms with Crippen molar-refractivity contribution in [2.45, 2.75) is 0 Å². The Labute approximate surface area is 69.9 Å². The van der Waals surface area contributed by atoms with Gasteiger partial charge in [-0.1, -0.05) is 0 Å². The summed E-state index contributed by atoms with van der Waals surface area (Å²) in [6, 6.07) is 8.29. The van der Waals surface area contributed by atoms with Crippen molar-refractivity contribution >= 4 is 32.7 Å². The van der Waals surface area contributed by atoms with Gasteiger partial charge in [0.15, 0.2) is 0 Å². The zero-order valence-corrected chi connectivity index (χ0v) is 8.78. The van der Waals surface area contributed by atoms with Gasteiger partial charge < -0.3 is 0 Å². The van der Waals surface area contributed by atoms with Gasteiger partial charge in [0.2, 0.25) is 0 Å². The average molecular weight is 236 g/mol. The monoisotopic (exact) mass is 237 g/mol. The molecule has 0 atom stereocenters. The first-order chi connectivity index (χ1) is 4.97. The molecule has 0 aliphatic carbocycles. The fourth-order valence-electron chi connectivity index (χ4n) is 1.02. The molecule has 0 spiro atoms. The molecule has 2 rings (SSSR count). The molecular formula is C8H7NSn. The van der Waals surface area contributed by atoms with Gasteiger partial charge in [-0.15, -0.1) is 0 Å². The summed E-state index contributed by atoms with van der Waals surface area (Å²) in [5.74, 6) is 0. The van der Waals surface area contributed by atoms with Crippen molar-refractivity contribution in [1.29, 1.82) is 0 Å². The first kappa shape index (κ1) is 6.28. The van der Waals surface area contributed by atoms with E-state index in [0.29, 0.717) is 0 Å². The molecule has 0 unspecified atom stereocenters. The van der Waals surface area contributed by atoms with Crippen molar-refractivity contribution in [2.24, 2.45) is 3.15 Å². The number of benzene rings is 1. The molecule has 0 saturated carbocycles. The molecule has 1 nitrogen and oxygen atoms in total. The molecule has 0 N–H and O–H groups in total. The van der Waals surface area contributed by atoms with Gasteiger partial charge in [0.25, 0.3) is 0 Å². The first-order valence-electron chi connectivity index (χ1n) is 3.26. The van der Waals surface area contributed by atoms with Crippen LogP contribution in [-0.4, -0.2) is 21.0 Å². The van der Waals surface area contributed by atoms with Gasteiger partial charge in [-0.2, -0.15) is 0 Å². The van der Waals surface area contributed by atoms with Gasteiger partial charge in [-0.3, -0.25) is 0 Å². The summed E-state index contributed by atoms with van der Waals surface area (Å²) < 4.78 is 6.76. The Morgan fingerprint density at radius 2 is 2.10 bits per heavy atom. The molecule has 0 radical (unpaired) electrons. The van der Waals surface area contributed by atoms with Gasteiger partial charge in [0, 0.05) is 0 Å². The normalized spacial score (nSPS) is 13.2. The van der Waals surface area contributed by atoms with E-state index in [1.54, 1.807) is 0 Å². The Morgan fingerprint density at radius 1 is 1.20 bits per heavy atom. The summed E-state index contributed by atoms with van der Waals surface area (Å²) in [6.45, 7) is 0. The molecule has 48 valence electrons. The third-order valence-electron chi connectivity index (χ3n) is 1.51. The quantitative estimate of drug-likeness (QED) is 0.610. The summed E-state index contributed by atoms with van der Waals surface area (Å²) in [5, 5.41) is 0. The Balaban J connectivity index is 2.65. The molecule has 2 heteroatoms. The first-order valence-corrected chi connectivity index (χ1v) is 6.64. The molecule has 0 aromatic heterocycles. The minimum atomic E-state index is -0.655. The van der Waals surface area contributed by atoms with E-state index in [0.717, 1.165) is 0 Å². The predicted molar refractivity (Wildman–Crippen MR) is 44.7 cm³/mol. The van der Waals surface area contributed by atoms with Crippen molar-refractivity contribution in [2.75, 3.05) is 0 Å². The van der Waals surface area contributed by atoms with E-state index in [9.17, 15) is 0 Å². The molecular weight excluding hydrogens is 229 g/mol. The number of fused-ring (bicyclic) bond motifs is 1. The summed E-state index contributed by atoms with van der Waals surface area (Å²) in [5.41, 5.74) is 2.48. The number of nitrogens with zero attached hydrogens (tertiary/aromatic N) is 1. The second kappa shape index (κ2) is 2.66. The van der Waals surface area contributed by atoms with Crippen molar-refractivity contribution in [3.63, 3.8) is 0 Å². The SMILES string of the molecule is [CH]1=Cc2ccccc2[N]=[SnH]1. The minimum absolute atomic E-state index is 0.655. The van der Waals surface area contributed by atoms with Crippen LogP contribution >= 0.6 is 0 Å². The molecule has 0 saturated heterocycles. The molecule has 0 amide bonds. The van der Waals surface area contributed by atoms with E-state index in [-0.39, 0.29) is 0 Å². The van der Waals surface area contributed by atoms with Crippen LogP contribution in [-0.2, 0) is 0 Å². The van der Waals surface area contributed by atoms with E-state index < -0.39 is 21.0 Å². The van der Waals surface area contributed by atoms with Crippen molar-refractivity contribution in [1.82, 2.24) is 0 Å². The van der Waals surface area contributed by atoms with Crippen LogP contribution in [0.15, 0.2) is 31.5 Å². The molecule has 1 aromatic rings. The van der Waals surface area contributed by atoms with Crippen LogP contribution in [0.3, 0.4) is 0 Å². The summed E-state index contributed by atoms with van der Waals surface area (Å²) in [7, 11) is 0. The summed E-state index contributed by atoms with van der Waals surface area (Å²) >= 11 is -0.655. The maximum absolute atomic E-state index is 4.50. The van der Waals surface area contributed by atoms with Gasteiger partial charge in [0.1, 0.15) is 0 Å². The zero-order chi connectivity index (χ0) is 6.81. The van der Waals surface area contributed by atoms with Crippen LogP contribution in [0.1, 0.15) is 5.56 Å². The Hall–Kier alpha value is -0.441. The second-order valence-corrected chi connectivity index (χ2v) is 4.88. The second-order valence-electron chi connectivity index (χ2n) is 2.20. The van der Waals surface area contributed by atoms with E-state index in [1.807, 2.05) is 6.07 Å².